The lowest BCUT2D eigenvalue weighted by Crippen LogP contribution is -2.04. The number of carbonyl (C=O) groups excluding carboxylic acids is 1. The summed E-state index contributed by atoms with van der Waals surface area (Å²) in [5.74, 6) is -0.0751. The zero-order valence-corrected chi connectivity index (χ0v) is 47.4. The predicted octanol–water partition coefficient (Wildman–Crippen LogP) is 22.9. The van der Waals surface area contributed by atoms with Crippen LogP contribution >= 0.6 is 0 Å². The molecule has 1 heteroatoms. The van der Waals surface area contributed by atoms with Crippen molar-refractivity contribution in [1.82, 2.24) is 0 Å². The van der Waals surface area contributed by atoms with Crippen molar-refractivity contribution >= 4 is 5.78 Å². The third kappa shape index (κ3) is 11.0. The molecule has 0 heterocycles. The van der Waals surface area contributed by atoms with Crippen LogP contribution in [0.5, 0.6) is 0 Å². The van der Waals surface area contributed by atoms with Crippen LogP contribution in [0.25, 0.3) is 134 Å². The lowest BCUT2D eigenvalue weighted by atomic mass is 9.85. The lowest BCUT2D eigenvalue weighted by molar-refractivity contribution is 0.103. The van der Waals surface area contributed by atoms with E-state index in [4.69, 9.17) is 0 Å². The maximum absolute atomic E-state index is 16.4. The number of hydrogen-bond donors (Lipinski definition) is 0. The van der Waals surface area contributed by atoms with Crippen LogP contribution in [-0.4, -0.2) is 5.78 Å². The van der Waals surface area contributed by atoms with E-state index in [-0.39, 0.29) is 5.78 Å². The molecule has 14 aromatic carbocycles. The quantitative estimate of drug-likeness (QED) is 0.0992. The van der Waals surface area contributed by atoms with Crippen molar-refractivity contribution in [3.63, 3.8) is 0 Å². The van der Waals surface area contributed by atoms with Crippen LogP contribution < -0.4 is 0 Å². The molecule has 1 nitrogen and oxygen atoms in total. The van der Waals surface area contributed by atoms with Crippen molar-refractivity contribution in [3.05, 3.63) is 363 Å². The molecule has 0 aromatic heterocycles. The maximum Gasteiger partial charge on any atom is 0.193 e. The molecule has 0 amide bonds. The van der Waals surface area contributed by atoms with Gasteiger partial charge >= 0.3 is 0 Å². The molecule has 0 aliphatic rings. The first-order chi connectivity index (χ1) is 42.5. The molecule has 86 heavy (non-hydrogen) atoms. The summed E-state index contributed by atoms with van der Waals surface area (Å²) in [5, 5.41) is 0. The highest BCUT2D eigenvalue weighted by molar-refractivity contribution is 6.12. The van der Waals surface area contributed by atoms with Gasteiger partial charge in [0.2, 0.25) is 0 Å². The highest BCUT2D eigenvalue weighted by Gasteiger charge is 2.22. The maximum atomic E-state index is 16.4. The van der Waals surface area contributed by atoms with E-state index in [1.165, 1.54) is 0 Å². The van der Waals surface area contributed by atoms with Gasteiger partial charge in [-0.3, -0.25) is 4.79 Å². The molecule has 14 aromatic rings. The van der Waals surface area contributed by atoms with Crippen LogP contribution in [-0.2, 0) is 0 Å². The molecule has 0 bridgehead atoms. The Morgan fingerprint density at radius 2 is 0.337 bits per heavy atom. The van der Waals surface area contributed by atoms with Crippen molar-refractivity contribution in [2.24, 2.45) is 0 Å². The van der Waals surface area contributed by atoms with Gasteiger partial charge in [0.25, 0.3) is 0 Å². The van der Waals surface area contributed by atoms with E-state index in [1.54, 1.807) is 0 Å². The first kappa shape index (κ1) is 52.8. The van der Waals surface area contributed by atoms with Gasteiger partial charge in [0, 0.05) is 11.1 Å². The average Bonchev–Trinajstić information content (AvgIpc) is 1.53. The molecule has 0 saturated heterocycles. The minimum atomic E-state index is -0.0751. The molecular formula is C85H58O. The zero-order chi connectivity index (χ0) is 57.6. The SMILES string of the molecule is O=C(c1cc(-c2ccc(-c3ccccc3)c(-c3ccccc3)c2)cc(-c2ccc(-c3ccccc3)cc2-c2ccccc2)c1)c1cc(-c2ccc(-c3ccccc3)c(-c3ccccc3)c2)cc(-c2ccc(-c3ccccc3)cc2-c2ccccc2)c1. The Morgan fingerprint density at radius 1 is 0.140 bits per heavy atom. The summed E-state index contributed by atoms with van der Waals surface area (Å²) in [6.45, 7) is 0. The van der Waals surface area contributed by atoms with Gasteiger partial charge in [0.05, 0.1) is 0 Å². The Hall–Kier alpha value is -11.3. The fourth-order valence-corrected chi connectivity index (χ4v) is 12.2. The number of carbonyl (C=O) groups is 1. The molecular weight excluding hydrogens is 1040 g/mol. The van der Waals surface area contributed by atoms with Gasteiger partial charge < -0.3 is 0 Å². The van der Waals surface area contributed by atoms with Crippen molar-refractivity contribution in [2.75, 3.05) is 0 Å². The van der Waals surface area contributed by atoms with Gasteiger partial charge in [-0.25, -0.2) is 0 Å². The molecule has 14 rings (SSSR count). The largest absolute Gasteiger partial charge is 0.289 e. The van der Waals surface area contributed by atoms with Gasteiger partial charge in [-0.15, -0.1) is 0 Å². The second-order valence-electron chi connectivity index (χ2n) is 21.9. The Bertz CT molecular complexity index is 4390. The van der Waals surface area contributed by atoms with Crippen LogP contribution in [0.2, 0.25) is 0 Å². The van der Waals surface area contributed by atoms with Gasteiger partial charge in [-0.1, -0.05) is 291 Å². The molecule has 0 aliphatic heterocycles. The molecule has 0 aliphatic carbocycles. The molecule has 0 N–H and O–H groups in total. The van der Waals surface area contributed by atoms with Gasteiger partial charge in [-0.05, 0) is 194 Å². The first-order valence-electron chi connectivity index (χ1n) is 29.4. The third-order valence-corrected chi connectivity index (χ3v) is 16.5. The first-order valence-corrected chi connectivity index (χ1v) is 29.4. The summed E-state index contributed by atoms with van der Waals surface area (Å²) in [6, 6.07) is 125. The van der Waals surface area contributed by atoms with E-state index in [0.29, 0.717) is 11.1 Å². The third-order valence-electron chi connectivity index (χ3n) is 16.5. The summed E-state index contributed by atoms with van der Waals surface area (Å²) in [7, 11) is 0. The zero-order valence-electron chi connectivity index (χ0n) is 47.4. The van der Waals surface area contributed by atoms with Gasteiger partial charge in [-0.2, -0.15) is 0 Å². The van der Waals surface area contributed by atoms with E-state index >= 15 is 4.79 Å². The second kappa shape index (κ2) is 23.9. The van der Waals surface area contributed by atoms with E-state index < -0.39 is 0 Å². The average molecular weight is 1100 g/mol. The predicted molar refractivity (Wildman–Crippen MR) is 362 cm³/mol. The van der Waals surface area contributed by atoms with Crippen LogP contribution in [0, 0.1) is 0 Å². The summed E-state index contributed by atoms with van der Waals surface area (Å²) < 4.78 is 0. The van der Waals surface area contributed by atoms with E-state index in [9.17, 15) is 0 Å². The fourth-order valence-electron chi connectivity index (χ4n) is 12.2. The van der Waals surface area contributed by atoms with E-state index in [0.717, 1.165) is 134 Å². The Balaban J connectivity index is 1.00. The Kier molecular flexibility index (Phi) is 14.7. The van der Waals surface area contributed by atoms with Crippen LogP contribution in [0.1, 0.15) is 15.9 Å². The Morgan fingerprint density at radius 3 is 0.593 bits per heavy atom. The fraction of sp³-hybridized carbons (Fsp3) is 0. The number of ketones is 1. The van der Waals surface area contributed by atoms with E-state index in [2.05, 4.69) is 352 Å². The molecule has 0 fully saturated rings. The van der Waals surface area contributed by atoms with E-state index in [1.807, 2.05) is 0 Å². The molecule has 0 atom stereocenters. The molecule has 404 valence electrons. The summed E-state index contributed by atoms with van der Waals surface area (Å²) in [4.78, 5) is 16.4. The van der Waals surface area contributed by atoms with Crippen LogP contribution in [0.3, 0.4) is 0 Å². The number of hydrogen-bond acceptors (Lipinski definition) is 1. The minimum Gasteiger partial charge on any atom is -0.289 e. The van der Waals surface area contributed by atoms with Gasteiger partial charge in [0.15, 0.2) is 5.78 Å². The normalized spacial score (nSPS) is 11.1. The number of rotatable bonds is 14. The summed E-state index contributed by atoms with van der Waals surface area (Å²) >= 11 is 0. The second-order valence-corrected chi connectivity index (χ2v) is 21.9. The number of benzene rings is 14. The smallest absolute Gasteiger partial charge is 0.193 e. The summed E-state index contributed by atoms with van der Waals surface area (Å²) in [6.07, 6.45) is 0. The highest BCUT2D eigenvalue weighted by Crippen LogP contribution is 2.44. The van der Waals surface area contributed by atoms with Crippen LogP contribution in [0.15, 0.2) is 352 Å². The molecule has 0 saturated carbocycles. The molecule has 0 radical (unpaired) electrons. The van der Waals surface area contributed by atoms with Crippen LogP contribution in [0.4, 0.5) is 0 Å². The van der Waals surface area contributed by atoms with Gasteiger partial charge in [0.1, 0.15) is 0 Å². The standard InChI is InChI=1S/C85H58O/c86-85(75-51-71(69-43-45-77(61-29-13-3-14-30-61)81(57-69)63-33-17-5-18-34-63)49-73(53-75)79-47-41-67(59-25-9-1-10-26-59)55-83(79)65-37-21-7-22-38-65)76-52-72(70-44-46-78(62-31-15-4-16-32-62)82(58-70)64-35-19-6-20-36-64)50-74(54-76)80-48-42-68(60-27-11-2-12-28-60)56-84(80)66-39-23-8-24-40-66/h1-58H. The highest BCUT2D eigenvalue weighted by atomic mass is 16.1. The summed E-state index contributed by atoms with van der Waals surface area (Å²) in [5.41, 5.74) is 26.9. The molecule has 0 spiro atoms. The van der Waals surface area contributed by atoms with Crippen molar-refractivity contribution in [1.29, 1.82) is 0 Å². The Labute approximate surface area is 504 Å². The monoisotopic (exact) mass is 1090 g/mol. The minimum absolute atomic E-state index is 0.0751. The molecule has 0 unspecified atom stereocenters. The van der Waals surface area contributed by atoms with Crippen molar-refractivity contribution < 1.29 is 4.79 Å². The van der Waals surface area contributed by atoms with Crippen molar-refractivity contribution in [2.45, 2.75) is 0 Å². The lowest BCUT2D eigenvalue weighted by Gasteiger charge is -2.18. The topological polar surface area (TPSA) is 17.1 Å². The van der Waals surface area contributed by atoms with Crippen molar-refractivity contribution in [3.8, 4) is 134 Å².